The number of unbranched alkanes of at least 4 members (excludes halogenated alkanes) is 1. The molecule has 1 atom stereocenters. The molecule has 1 saturated heterocycles. The van der Waals surface area contributed by atoms with E-state index in [0.29, 0.717) is 6.04 Å². The van der Waals surface area contributed by atoms with Crippen molar-refractivity contribution < 1.29 is 0 Å². The van der Waals surface area contributed by atoms with Gasteiger partial charge in [-0.3, -0.25) is 4.90 Å². The fraction of sp³-hybridized carbons (Fsp3) is 0.600. The number of halogens is 3. The number of benzene rings is 1. The topological polar surface area (TPSA) is 15.3 Å². The summed E-state index contributed by atoms with van der Waals surface area (Å²) in [7, 11) is 0. The van der Waals surface area contributed by atoms with E-state index < -0.39 is 0 Å². The Hall–Kier alpha value is 0.450. The molecule has 5 heteroatoms. The zero-order valence-corrected chi connectivity index (χ0v) is 15.8. The molecule has 1 aliphatic rings. The Balaban J connectivity index is 0.00000180. The highest BCUT2D eigenvalue weighted by atomic mass is 127. The molecular weight excluding hydrogens is 406 g/mol. The van der Waals surface area contributed by atoms with Crippen LogP contribution in [0.15, 0.2) is 24.3 Å². The third-order valence-electron chi connectivity index (χ3n) is 3.68. The number of nitrogens with one attached hydrogen (secondary N) is 1. The minimum atomic E-state index is 0. The average Bonchev–Trinajstić information content (AvgIpc) is 2.42. The van der Waals surface area contributed by atoms with Gasteiger partial charge in [0.15, 0.2) is 0 Å². The van der Waals surface area contributed by atoms with Crippen molar-refractivity contribution in [3.8, 4) is 0 Å². The SMILES string of the molecule is CCCC[C@H](c1ccc(I)cc1)N1CCNCC1.Cl.Cl. The van der Waals surface area contributed by atoms with Crippen LogP contribution in [0.2, 0.25) is 0 Å². The third kappa shape index (κ3) is 6.06. The second-order valence-corrected chi connectivity index (χ2v) is 6.24. The summed E-state index contributed by atoms with van der Waals surface area (Å²) in [6.07, 6.45) is 3.89. The van der Waals surface area contributed by atoms with Crippen molar-refractivity contribution in [2.75, 3.05) is 26.2 Å². The van der Waals surface area contributed by atoms with E-state index >= 15 is 0 Å². The van der Waals surface area contributed by atoms with Crippen LogP contribution in [0.5, 0.6) is 0 Å². The molecule has 0 bridgehead atoms. The molecule has 2 rings (SSSR count). The van der Waals surface area contributed by atoms with Crippen molar-refractivity contribution in [2.24, 2.45) is 0 Å². The Morgan fingerprint density at radius 1 is 1.15 bits per heavy atom. The molecule has 0 spiro atoms. The number of hydrogen-bond acceptors (Lipinski definition) is 2. The summed E-state index contributed by atoms with van der Waals surface area (Å²) in [4.78, 5) is 2.65. The van der Waals surface area contributed by atoms with E-state index in [1.807, 2.05) is 0 Å². The molecule has 0 aromatic heterocycles. The van der Waals surface area contributed by atoms with E-state index in [9.17, 15) is 0 Å². The fourth-order valence-electron chi connectivity index (χ4n) is 2.64. The lowest BCUT2D eigenvalue weighted by atomic mass is 9.99. The van der Waals surface area contributed by atoms with Crippen LogP contribution in [-0.2, 0) is 0 Å². The highest BCUT2D eigenvalue weighted by Gasteiger charge is 2.21. The van der Waals surface area contributed by atoms with Crippen LogP contribution in [0, 0.1) is 3.57 Å². The van der Waals surface area contributed by atoms with E-state index in [1.54, 1.807) is 0 Å². The Morgan fingerprint density at radius 2 is 1.75 bits per heavy atom. The molecule has 0 radical (unpaired) electrons. The molecule has 0 aliphatic carbocycles. The van der Waals surface area contributed by atoms with Crippen LogP contribution in [0.1, 0.15) is 37.8 Å². The maximum Gasteiger partial charge on any atom is 0.0349 e. The van der Waals surface area contributed by atoms with Gasteiger partial charge in [-0.25, -0.2) is 0 Å². The molecule has 1 aliphatic heterocycles. The van der Waals surface area contributed by atoms with Gasteiger partial charge in [-0.15, -0.1) is 24.8 Å². The minimum Gasteiger partial charge on any atom is -0.314 e. The molecule has 0 saturated carbocycles. The van der Waals surface area contributed by atoms with Gasteiger partial charge in [-0.05, 0) is 46.7 Å². The quantitative estimate of drug-likeness (QED) is 0.701. The molecule has 1 aromatic rings. The van der Waals surface area contributed by atoms with E-state index in [0.717, 1.165) is 13.1 Å². The predicted molar refractivity (Wildman–Crippen MR) is 100 cm³/mol. The van der Waals surface area contributed by atoms with Crippen LogP contribution < -0.4 is 5.32 Å². The molecule has 1 aromatic carbocycles. The monoisotopic (exact) mass is 430 g/mol. The van der Waals surface area contributed by atoms with Gasteiger partial charge in [-0.2, -0.15) is 0 Å². The molecule has 1 heterocycles. The van der Waals surface area contributed by atoms with Gasteiger partial charge in [0.05, 0.1) is 0 Å². The van der Waals surface area contributed by atoms with Crippen molar-refractivity contribution in [2.45, 2.75) is 32.2 Å². The predicted octanol–water partition coefficient (Wildman–Crippen LogP) is 4.27. The Morgan fingerprint density at radius 3 is 2.30 bits per heavy atom. The lowest BCUT2D eigenvalue weighted by molar-refractivity contribution is 0.163. The third-order valence-corrected chi connectivity index (χ3v) is 4.40. The summed E-state index contributed by atoms with van der Waals surface area (Å²) < 4.78 is 1.32. The van der Waals surface area contributed by atoms with Gasteiger partial charge in [0.25, 0.3) is 0 Å². The molecule has 1 fully saturated rings. The van der Waals surface area contributed by atoms with Gasteiger partial charge in [0, 0.05) is 35.8 Å². The minimum absolute atomic E-state index is 0. The summed E-state index contributed by atoms with van der Waals surface area (Å²) in [6.45, 7) is 6.91. The van der Waals surface area contributed by atoms with Crippen LogP contribution in [0.25, 0.3) is 0 Å². The first-order chi connectivity index (χ1) is 8.81. The Bertz CT molecular complexity index is 353. The summed E-state index contributed by atoms with van der Waals surface area (Å²) in [5, 5.41) is 3.44. The fourth-order valence-corrected chi connectivity index (χ4v) is 3.00. The van der Waals surface area contributed by atoms with E-state index in [-0.39, 0.29) is 24.8 Å². The normalized spacial score (nSPS) is 16.9. The number of piperazine rings is 1. The largest absolute Gasteiger partial charge is 0.314 e. The molecule has 20 heavy (non-hydrogen) atoms. The zero-order valence-electron chi connectivity index (χ0n) is 12.0. The zero-order chi connectivity index (χ0) is 12.8. The Kier molecular flexibility index (Phi) is 11.3. The van der Waals surface area contributed by atoms with Crippen LogP contribution in [-0.4, -0.2) is 31.1 Å². The first-order valence-electron chi connectivity index (χ1n) is 7.01. The van der Waals surface area contributed by atoms with Gasteiger partial charge < -0.3 is 5.32 Å². The first kappa shape index (κ1) is 20.5. The van der Waals surface area contributed by atoms with E-state index in [1.165, 1.54) is 41.5 Å². The molecule has 1 N–H and O–H groups in total. The number of hydrogen-bond donors (Lipinski definition) is 1. The standard InChI is InChI=1S/C15H23IN2.2ClH/c1-2-3-4-15(18-11-9-17-10-12-18)13-5-7-14(16)8-6-13;;/h5-8,15,17H,2-4,9-12H2,1H3;2*1H/t15-;;/m1../s1. The van der Waals surface area contributed by atoms with E-state index in [2.05, 4.69) is 64.0 Å². The van der Waals surface area contributed by atoms with Gasteiger partial charge in [0.2, 0.25) is 0 Å². The molecule has 0 amide bonds. The first-order valence-corrected chi connectivity index (χ1v) is 8.09. The van der Waals surface area contributed by atoms with Crippen LogP contribution in [0.4, 0.5) is 0 Å². The van der Waals surface area contributed by atoms with Crippen LogP contribution >= 0.6 is 47.4 Å². The molecule has 0 unspecified atom stereocenters. The number of rotatable bonds is 5. The van der Waals surface area contributed by atoms with E-state index in [4.69, 9.17) is 0 Å². The van der Waals surface area contributed by atoms with Crippen LogP contribution in [0.3, 0.4) is 0 Å². The number of nitrogens with zero attached hydrogens (tertiary/aromatic N) is 1. The van der Waals surface area contributed by atoms with Crippen molar-refractivity contribution in [3.63, 3.8) is 0 Å². The molecular formula is C15H25Cl2IN2. The van der Waals surface area contributed by atoms with Gasteiger partial charge in [-0.1, -0.05) is 31.9 Å². The molecule has 2 nitrogen and oxygen atoms in total. The van der Waals surface area contributed by atoms with Crippen molar-refractivity contribution >= 4 is 47.4 Å². The highest BCUT2D eigenvalue weighted by molar-refractivity contribution is 14.1. The van der Waals surface area contributed by atoms with Crippen molar-refractivity contribution in [1.29, 1.82) is 0 Å². The van der Waals surface area contributed by atoms with Gasteiger partial charge in [0.1, 0.15) is 0 Å². The maximum atomic E-state index is 3.44. The lowest BCUT2D eigenvalue weighted by Gasteiger charge is -2.35. The average molecular weight is 431 g/mol. The summed E-state index contributed by atoms with van der Waals surface area (Å²) in [5.74, 6) is 0. The maximum absolute atomic E-state index is 3.44. The highest BCUT2D eigenvalue weighted by Crippen LogP contribution is 2.27. The summed E-state index contributed by atoms with van der Waals surface area (Å²) in [6, 6.07) is 9.70. The summed E-state index contributed by atoms with van der Waals surface area (Å²) >= 11 is 2.38. The lowest BCUT2D eigenvalue weighted by Crippen LogP contribution is -2.45. The second kappa shape index (κ2) is 11.1. The second-order valence-electron chi connectivity index (χ2n) is 5.00. The van der Waals surface area contributed by atoms with Gasteiger partial charge >= 0.3 is 0 Å². The Labute approximate surface area is 149 Å². The molecule has 116 valence electrons. The summed E-state index contributed by atoms with van der Waals surface area (Å²) in [5.41, 5.74) is 1.49. The van der Waals surface area contributed by atoms with Crippen molar-refractivity contribution in [3.05, 3.63) is 33.4 Å². The van der Waals surface area contributed by atoms with Crippen molar-refractivity contribution in [1.82, 2.24) is 10.2 Å². The smallest absolute Gasteiger partial charge is 0.0349 e.